The summed E-state index contributed by atoms with van der Waals surface area (Å²) in [5.74, 6) is 0.129. The molecule has 108 valence electrons. The minimum Gasteiger partial charge on any atom is -0.317 e. The highest BCUT2D eigenvalue weighted by molar-refractivity contribution is 7.92. The summed E-state index contributed by atoms with van der Waals surface area (Å²) in [6.45, 7) is 5.66. The topological polar surface area (TPSA) is 58.2 Å². The monoisotopic (exact) mass is 304 g/mol. The number of benzene rings is 1. The van der Waals surface area contributed by atoms with E-state index in [-0.39, 0.29) is 5.75 Å². The lowest BCUT2D eigenvalue weighted by molar-refractivity contribution is 0.593. The number of unbranched alkanes of at least 4 members (excludes halogenated alkanes) is 1. The van der Waals surface area contributed by atoms with E-state index in [1.165, 1.54) is 0 Å². The molecule has 6 heteroatoms. The molecule has 0 heterocycles. The SMILES string of the molecule is CCNCCCCS(=O)(=O)Nc1ccc(C)c(Cl)c1. The van der Waals surface area contributed by atoms with Gasteiger partial charge in [-0.05, 0) is 50.6 Å². The van der Waals surface area contributed by atoms with E-state index in [2.05, 4.69) is 10.0 Å². The van der Waals surface area contributed by atoms with E-state index >= 15 is 0 Å². The Morgan fingerprint density at radius 3 is 2.63 bits per heavy atom. The van der Waals surface area contributed by atoms with E-state index in [1.54, 1.807) is 18.2 Å². The fourth-order valence-electron chi connectivity index (χ4n) is 1.61. The maximum absolute atomic E-state index is 11.9. The maximum Gasteiger partial charge on any atom is 0.232 e. The summed E-state index contributed by atoms with van der Waals surface area (Å²) in [6, 6.07) is 5.15. The van der Waals surface area contributed by atoms with Crippen molar-refractivity contribution in [3.05, 3.63) is 28.8 Å². The van der Waals surface area contributed by atoms with Crippen LogP contribution in [0.3, 0.4) is 0 Å². The third kappa shape index (κ3) is 6.27. The van der Waals surface area contributed by atoms with Crippen molar-refractivity contribution in [1.82, 2.24) is 5.32 Å². The zero-order chi connectivity index (χ0) is 14.3. The normalized spacial score (nSPS) is 11.5. The average Bonchev–Trinajstić information content (AvgIpc) is 2.33. The van der Waals surface area contributed by atoms with Crippen LogP contribution in [0.4, 0.5) is 5.69 Å². The van der Waals surface area contributed by atoms with Gasteiger partial charge >= 0.3 is 0 Å². The van der Waals surface area contributed by atoms with Crippen LogP contribution in [0.5, 0.6) is 0 Å². The van der Waals surface area contributed by atoms with Gasteiger partial charge in [-0.3, -0.25) is 4.72 Å². The van der Waals surface area contributed by atoms with Crippen LogP contribution in [0.1, 0.15) is 25.3 Å². The van der Waals surface area contributed by atoms with Gasteiger partial charge in [0, 0.05) is 10.7 Å². The predicted octanol–water partition coefficient (Wildman–Crippen LogP) is 2.78. The second-order valence-electron chi connectivity index (χ2n) is 4.45. The van der Waals surface area contributed by atoms with Crippen molar-refractivity contribution in [3.63, 3.8) is 0 Å². The molecule has 1 rings (SSSR count). The van der Waals surface area contributed by atoms with Crippen molar-refractivity contribution in [3.8, 4) is 0 Å². The van der Waals surface area contributed by atoms with E-state index in [0.717, 1.165) is 25.1 Å². The number of halogens is 1. The summed E-state index contributed by atoms with van der Waals surface area (Å²) in [5, 5.41) is 3.73. The van der Waals surface area contributed by atoms with Crippen molar-refractivity contribution in [2.24, 2.45) is 0 Å². The van der Waals surface area contributed by atoms with Gasteiger partial charge in [-0.1, -0.05) is 24.6 Å². The summed E-state index contributed by atoms with van der Waals surface area (Å²) in [5.41, 5.74) is 1.44. The smallest absolute Gasteiger partial charge is 0.232 e. The first-order valence-electron chi connectivity index (χ1n) is 6.42. The van der Waals surface area contributed by atoms with Crippen LogP contribution in [-0.2, 0) is 10.0 Å². The molecule has 0 aliphatic heterocycles. The molecule has 1 aromatic rings. The molecule has 0 aromatic heterocycles. The van der Waals surface area contributed by atoms with Crippen LogP contribution in [0.25, 0.3) is 0 Å². The van der Waals surface area contributed by atoms with E-state index < -0.39 is 10.0 Å². The third-order valence-corrected chi connectivity index (χ3v) is 4.49. The number of anilines is 1. The first kappa shape index (κ1) is 16.3. The third-order valence-electron chi connectivity index (χ3n) is 2.71. The lowest BCUT2D eigenvalue weighted by Crippen LogP contribution is -2.19. The largest absolute Gasteiger partial charge is 0.317 e. The minimum absolute atomic E-state index is 0.129. The highest BCUT2D eigenvalue weighted by Crippen LogP contribution is 2.20. The number of sulfonamides is 1. The van der Waals surface area contributed by atoms with Gasteiger partial charge in [0.15, 0.2) is 0 Å². The molecule has 0 atom stereocenters. The van der Waals surface area contributed by atoms with Gasteiger partial charge in [0.1, 0.15) is 0 Å². The molecule has 0 fully saturated rings. The molecule has 1 aromatic carbocycles. The molecular weight excluding hydrogens is 284 g/mol. The highest BCUT2D eigenvalue weighted by Gasteiger charge is 2.10. The van der Waals surface area contributed by atoms with Crippen LogP contribution < -0.4 is 10.0 Å². The Labute approximate surface area is 120 Å². The Balaban J connectivity index is 2.47. The van der Waals surface area contributed by atoms with Crippen LogP contribution in [0.2, 0.25) is 5.02 Å². The Hall–Kier alpha value is -0.780. The number of aryl methyl sites for hydroxylation is 1. The quantitative estimate of drug-likeness (QED) is 0.726. The first-order valence-corrected chi connectivity index (χ1v) is 8.45. The fraction of sp³-hybridized carbons (Fsp3) is 0.538. The van der Waals surface area contributed by atoms with Gasteiger partial charge in [0.2, 0.25) is 10.0 Å². The molecule has 2 N–H and O–H groups in total. The molecule has 0 aliphatic carbocycles. The fourth-order valence-corrected chi connectivity index (χ4v) is 2.96. The number of rotatable bonds is 8. The van der Waals surface area contributed by atoms with Crippen LogP contribution in [0.15, 0.2) is 18.2 Å². The second kappa shape index (κ2) is 7.72. The highest BCUT2D eigenvalue weighted by atomic mass is 35.5. The van der Waals surface area contributed by atoms with Crippen molar-refractivity contribution in [2.75, 3.05) is 23.6 Å². The van der Waals surface area contributed by atoms with E-state index in [4.69, 9.17) is 11.6 Å². The first-order chi connectivity index (χ1) is 8.94. The van der Waals surface area contributed by atoms with Crippen LogP contribution in [0, 0.1) is 6.92 Å². The lowest BCUT2D eigenvalue weighted by atomic mass is 10.2. The van der Waals surface area contributed by atoms with Gasteiger partial charge < -0.3 is 5.32 Å². The number of hydrogen-bond acceptors (Lipinski definition) is 3. The van der Waals surface area contributed by atoms with Gasteiger partial charge in [0.25, 0.3) is 0 Å². The summed E-state index contributed by atoms with van der Waals surface area (Å²) in [7, 11) is -3.29. The summed E-state index contributed by atoms with van der Waals surface area (Å²) >= 11 is 5.96. The summed E-state index contributed by atoms with van der Waals surface area (Å²) in [6.07, 6.45) is 1.49. The molecule has 0 spiro atoms. The van der Waals surface area contributed by atoms with Crippen molar-refractivity contribution >= 4 is 27.3 Å². The molecule has 0 saturated carbocycles. The molecule has 0 unspecified atom stereocenters. The van der Waals surface area contributed by atoms with E-state index in [0.29, 0.717) is 17.1 Å². The Morgan fingerprint density at radius 2 is 2.00 bits per heavy atom. The number of nitrogens with one attached hydrogen (secondary N) is 2. The second-order valence-corrected chi connectivity index (χ2v) is 6.69. The average molecular weight is 305 g/mol. The molecule has 0 aliphatic rings. The summed E-state index contributed by atoms with van der Waals surface area (Å²) in [4.78, 5) is 0. The van der Waals surface area contributed by atoms with Crippen LogP contribution >= 0.6 is 11.6 Å². The van der Waals surface area contributed by atoms with Crippen LogP contribution in [-0.4, -0.2) is 27.3 Å². The van der Waals surface area contributed by atoms with Crippen molar-refractivity contribution < 1.29 is 8.42 Å². The van der Waals surface area contributed by atoms with Crippen molar-refractivity contribution in [2.45, 2.75) is 26.7 Å². The Bertz CT molecular complexity index is 503. The Morgan fingerprint density at radius 1 is 1.26 bits per heavy atom. The molecule has 0 amide bonds. The molecule has 0 radical (unpaired) electrons. The Kier molecular flexibility index (Phi) is 6.62. The van der Waals surface area contributed by atoms with E-state index in [9.17, 15) is 8.42 Å². The maximum atomic E-state index is 11.9. The number of hydrogen-bond donors (Lipinski definition) is 2. The zero-order valence-corrected chi connectivity index (χ0v) is 12.9. The molecule has 0 saturated heterocycles. The zero-order valence-electron chi connectivity index (χ0n) is 11.4. The van der Waals surface area contributed by atoms with E-state index in [1.807, 2.05) is 13.8 Å². The molecule has 19 heavy (non-hydrogen) atoms. The molecule has 4 nitrogen and oxygen atoms in total. The molecular formula is C13H21ClN2O2S. The van der Waals surface area contributed by atoms with Gasteiger partial charge in [-0.25, -0.2) is 8.42 Å². The summed E-state index contributed by atoms with van der Waals surface area (Å²) < 4.78 is 26.3. The van der Waals surface area contributed by atoms with Crippen molar-refractivity contribution in [1.29, 1.82) is 0 Å². The minimum atomic E-state index is -3.29. The van der Waals surface area contributed by atoms with Gasteiger partial charge in [-0.2, -0.15) is 0 Å². The van der Waals surface area contributed by atoms with Gasteiger partial charge in [-0.15, -0.1) is 0 Å². The molecule has 0 bridgehead atoms. The predicted molar refractivity (Wildman–Crippen MR) is 81.4 cm³/mol. The standard InChI is InChI=1S/C13H21ClN2O2S/c1-3-15-8-4-5-9-19(17,18)16-12-7-6-11(2)13(14)10-12/h6-7,10,15-16H,3-5,8-9H2,1-2H3. The van der Waals surface area contributed by atoms with Gasteiger partial charge in [0.05, 0.1) is 5.75 Å². The lowest BCUT2D eigenvalue weighted by Gasteiger charge is -2.09.